The lowest BCUT2D eigenvalue weighted by atomic mass is 10.1. The molecule has 0 unspecified atom stereocenters. The van der Waals surface area contributed by atoms with Gasteiger partial charge in [0.25, 0.3) is 0 Å². The predicted octanol–water partition coefficient (Wildman–Crippen LogP) is 1.54. The van der Waals surface area contributed by atoms with Gasteiger partial charge in [-0.15, -0.1) is 10.2 Å². The van der Waals surface area contributed by atoms with Crippen molar-refractivity contribution in [1.82, 2.24) is 19.7 Å². The Bertz CT molecular complexity index is 732. The van der Waals surface area contributed by atoms with Crippen LogP contribution in [0.25, 0.3) is 0 Å². The number of benzene rings is 1. The summed E-state index contributed by atoms with van der Waals surface area (Å²) in [6.45, 7) is 2.00. The number of nitrogens with zero attached hydrogens (tertiary/aromatic N) is 4. The molecule has 134 valence electrons. The van der Waals surface area contributed by atoms with Crippen LogP contribution in [0.1, 0.15) is 30.8 Å². The van der Waals surface area contributed by atoms with Gasteiger partial charge in [0.15, 0.2) is 5.16 Å². The van der Waals surface area contributed by atoms with Crippen LogP contribution in [0.5, 0.6) is 0 Å². The lowest BCUT2D eigenvalue weighted by Crippen LogP contribution is -2.31. The summed E-state index contributed by atoms with van der Waals surface area (Å²) in [6, 6.07) is 9.90. The first-order valence-electron chi connectivity index (χ1n) is 8.00. The SMILES string of the molecule is C[C@H](c1ccccc1)N(C)C(=O)CSc1nnc(CCC(N)=O)n1C. The van der Waals surface area contributed by atoms with Crippen molar-refractivity contribution in [3.8, 4) is 0 Å². The molecule has 0 aliphatic carbocycles. The van der Waals surface area contributed by atoms with Gasteiger partial charge in [-0.3, -0.25) is 9.59 Å². The van der Waals surface area contributed by atoms with Gasteiger partial charge in [-0.05, 0) is 12.5 Å². The molecule has 0 radical (unpaired) electrons. The van der Waals surface area contributed by atoms with Crippen LogP contribution in [0.15, 0.2) is 35.5 Å². The molecule has 2 amide bonds. The Morgan fingerprint density at radius 2 is 1.96 bits per heavy atom. The molecule has 2 rings (SSSR count). The Kier molecular flexibility index (Phi) is 6.58. The molecular weight excluding hydrogens is 338 g/mol. The van der Waals surface area contributed by atoms with Gasteiger partial charge in [-0.2, -0.15) is 0 Å². The molecule has 0 saturated carbocycles. The highest BCUT2D eigenvalue weighted by atomic mass is 32.2. The van der Waals surface area contributed by atoms with Crippen molar-refractivity contribution in [3.05, 3.63) is 41.7 Å². The topological polar surface area (TPSA) is 94.1 Å². The van der Waals surface area contributed by atoms with Crippen molar-refractivity contribution >= 4 is 23.6 Å². The summed E-state index contributed by atoms with van der Waals surface area (Å²) in [5, 5.41) is 8.78. The zero-order valence-corrected chi connectivity index (χ0v) is 15.5. The van der Waals surface area contributed by atoms with Crippen molar-refractivity contribution in [2.75, 3.05) is 12.8 Å². The maximum absolute atomic E-state index is 12.5. The van der Waals surface area contributed by atoms with Crippen LogP contribution >= 0.6 is 11.8 Å². The molecule has 7 nitrogen and oxygen atoms in total. The molecule has 0 spiro atoms. The number of amides is 2. The second kappa shape index (κ2) is 8.66. The van der Waals surface area contributed by atoms with Gasteiger partial charge in [-0.1, -0.05) is 42.1 Å². The summed E-state index contributed by atoms with van der Waals surface area (Å²) in [5.41, 5.74) is 6.25. The Hall–Kier alpha value is -2.35. The van der Waals surface area contributed by atoms with E-state index in [9.17, 15) is 9.59 Å². The second-order valence-corrected chi connectivity index (χ2v) is 6.75. The minimum absolute atomic E-state index is 0.0000704. The van der Waals surface area contributed by atoms with Crippen molar-refractivity contribution in [1.29, 1.82) is 0 Å². The molecule has 1 aromatic carbocycles. The monoisotopic (exact) mass is 361 g/mol. The molecule has 0 aliphatic rings. The van der Waals surface area contributed by atoms with Crippen molar-refractivity contribution in [3.63, 3.8) is 0 Å². The maximum Gasteiger partial charge on any atom is 0.233 e. The van der Waals surface area contributed by atoms with Crippen LogP contribution in [0.3, 0.4) is 0 Å². The number of rotatable bonds is 8. The Balaban J connectivity index is 1.92. The number of thioether (sulfide) groups is 1. The number of carbonyl (C=O) groups is 2. The van der Waals surface area contributed by atoms with E-state index >= 15 is 0 Å². The lowest BCUT2D eigenvalue weighted by molar-refractivity contribution is -0.129. The largest absolute Gasteiger partial charge is 0.370 e. The molecule has 25 heavy (non-hydrogen) atoms. The molecule has 1 atom stereocenters. The van der Waals surface area contributed by atoms with Crippen LogP contribution in [0.4, 0.5) is 0 Å². The predicted molar refractivity (Wildman–Crippen MR) is 96.9 cm³/mol. The van der Waals surface area contributed by atoms with E-state index in [1.54, 1.807) is 16.5 Å². The van der Waals surface area contributed by atoms with Crippen molar-refractivity contribution < 1.29 is 9.59 Å². The molecule has 0 saturated heterocycles. The number of hydrogen-bond acceptors (Lipinski definition) is 5. The fraction of sp³-hybridized carbons (Fsp3) is 0.412. The molecular formula is C17H23N5O2S. The Morgan fingerprint density at radius 3 is 2.60 bits per heavy atom. The van der Waals surface area contributed by atoms with Crippen LogP contribution in [0, 0.1) is 0 Å². The first kappa shape index (κ1) is 19.0. The molecule has 1 aromatic heterocycles. The molecule has 2 aromatic rings. The first-order chi connectivity index (χ1) is 11.9. The lowest BCUT2D eigenvalue weighted by Gasteiger charge is -2.25. The van der Waals surface area contributed by atoms with E-state index in [0.717, 1.165) is 5.56 Å². The van der Waals surface area contributed by atoms with E-state index in [1.165, 1.54) is 11.8 Å². The van der Waals surface area contributed by atoms with Crippen LogP contribution < -0.4 is 5.73 Å². The zero-order valence-electron chi connectivity index (χ0n) is 14.7. The summed E-state index contributed by atoms with van der Waals surface area (Å²) in [4.78, 5) is 25.1. The molecule has 8 heteroatoms. The minimum atomic E-state index is -0.371. The zero-order chi connectivity index (χ0) is 18.4. The van der Waals surface area contributed by atoms with E-state index in [0.29, 0.717) is 17.4 Å². The van der Waals surface area contributed by atoms with E-state index in [-0.39, 0.29) is 30.0 Å². The number of hydrogen-bond donors (Lipinski definition) is 1. The number of primary amides is 1. The third-order valence-electron chi connectivity index (χ3n) is 4.10. The maximum atomic E-state index is 12.5. The van der Waals surface area contributed by atoms with E-state index in [2.05, 4.69) is 10.2 Å². The fourth-order valence-corrected chi connectivity index (χ4v) is 3.18. The highest BCUT2D eigenvalue weighted by Crippen LogP contribution is 2.21. The van der Waals surface area contributed by atoms with E-state index in [1.807, 2.05) is 44.3 Å². The summed E-state index contributed by atoms with van der Waals surface area (Å²) in [6.07, 6.45) is 0.672. The fourth-order valence-electron chi connectivity index (χ4n) is 2.32. The standard InChI is InChI=1S/C17H23N5O2S/c1-12(13-7-5-4-6-8-13)21(2)16(24)11-25-17-20-19-15(22(17)3)10-9-14(18)23/h4-8,12H,9-11H2,1-3H3,(H2,18,23)/t12-/m1/s1. The van der Waals surface area contributed by atoms with Crippen LogP contribution in [-0.4, -0.2) is 44.3 Å². The van der Waals surface area contributed by atoms with Crippen molar-refractivity contribution in [2.45, 2.75) is 31.0 Å². The highest BCUT2D eigenvalue weighted by molar-refractivity contribution is 7.99. The van der Waals surface area contributed by atoms with Crippen molar-refractivity contribution in [2.24, 2.45) is 12.8 Å². The second-order valence-electron chi connectivity index (χ2n) is 5.80. The number of nitrogens with two attached hydrogens (primary N) is 1. The molecule has 1 heterocycles. The molecule has 0 aliphatic heterocycles. The van der Waals surface area contributed by atoms with Gasteiger partial charge < -0.3 is 15.2 Å². The molecule has 0 fully saturated rings. The molecule has 0 bridgehead atoms. The van der Waals surface area contributed by atoms with Gasteiger partial charge >= 0.3 is 0 Å². The van der Waals surface area contributed by atoms with E-state index < -0.39 is 0 Å². The summed E-state index contributed by atoms with van der Waals surface area (Å²) >= 11 is 1.33. The quantitative estimate of drug-likeness (QED) is 0.720. The van der Waals surface area contributed by atoms with Gasteiger partial charge in [0.05, 0.1) is 11.8 Å². The summed E-state index contributed by atoms with van der Waals surface area (Å²) < 4.78 is 1.79. The Labute approximate surface area is 151 Å². The van der Waals surface area contributed by atoms with Gasteiger partial charge in [0, 0.05) is 26.9 Å². The number of aryl methyl sites for hydroxylation is 1. The van der Waals surface area contributed by atoms with Gasteiger partial charge in [-0.25, -0.2) is 0 Å². The smallest absolute Gasteiger partial charge is 0.233 e. The third kappa shape index (κ3) is 5.06. The summed E-state index contributed by atoms with van der Waals surface area (Å²) in [7, 11) is 3.62. The Morgan fingerprint density at radius 1 is 1.28 bits per heavy atom. The average Bonchev–Trinajstić information content (AvgIpc) is 2.97. The molecule has 2 N–H and O–H groups in total. The number of carbonyl (C=O) groups excluding carboxylic acids is 2. The third-order valence-corrected chi connectivity index (χ3v) is 5.11. The minimum Gasteiger partial charge on any atom is -0.370 e. The first-order valence-corrected chi connectivity index (χ1v) is 8.98. The number of aromatic nitrogens is 3. The van der Waals surface area contributed by atoms with Crippen LogP contribution in [0.2, 0.25) is 0 Å². The van der Waals surface area contributed by atoms with Gasteiger partial charge in [0.2, 0.25) is 11.8 Å². The highest BCUT2D eigenvalue weighted by Gasteiger charge is 2.19. The van der Waals surface area contributed by atoms with Crippen LogP contribution in [-0.2, 0) is 23.1 Å². The van der Waals surface area contributed by atoms with Gasteiger partial charge in [0.1, 0.15) is 5.82 Å². The average molecular weight is 361 g/mol. The normalized spacial score (nSPS) is 12.0. The van der Waals surface area contributed by atoms with E-state index in [4.69, 9.17) is 5.73 Å². The summed E-state index contributed by atoms with van der Waals surface area (Å²) in [5.74, 6) is 0.599.